The molecule has 2 aromatic carbocycles. The Labute approximate surface area is 177 Å². The summed E-state index contributed by atoms with van der Waals surface area (Å²) in [6, 6.07) is 18.4. The van der Waals surface area contributed by atoms with Crippen molar-refractivity contribution in [1.82, 2.24) is 14.7 Å². The first kappa shape index (κ1) is 20.2. The third-order valence-corrected chi connectivity index (χ3v) is 5.71. The summed E-state index contributed by atoms with van der Waals surface area (Å²) in [6.45, 7) is 7.29. The Balaban J connectivity index is 1.44. The summed E-state index contributed by atoms with van der Waals surface area (Å²) in [5, 5.41) is 13.7. The number of rotatable bonds is 5. The molecule has 1 fully saturated rings. The van der Waals surface area contributed by atoms with E-state index in [1.165, 1.54) is 11.3 Å². The number of aliphatic hydroxyl groups is 1. The van der Waals surface area contributed by atoms with Crippen LogP contribution in [0.2, 0.25) is 0 Å². The van der Waals surface area contributed by atoms with E-state index in [1.54, 1.807) is 4.68 Å². The molecule has 1 aliphatic rings. The largest absolute Gasteiger partial charge is 0.392 e. The van der Waals surface area contributed by atoms with Crippen LogP contribution < -0.4 is 4.90 Å². The van der Waals surface area contributed by atoms with E-state index in [2.05, 4.69) is 40.3 Å². The molecular formula is C24H28N4O2. The monoisotopic (exact) mass is 404 g/mol. The predicted molar refractivity (Wildman–Crippen MR) is 118 cm³/mol. The topological polar surface area (TPSA) is 61.6 Å². The summed E-state index contributed by atoms with van der Waals surface area (Å²) in [5.41, 5.74) is 6.34. The van der Waals surface area contributed by atoms with Crippen molar-refractivity contribution in [2.45, 2.75) is 27.0 Å². The number of nitrogens with zero attached hydrogens (tertiary/aromatic N) is 4. The molecule has 156 valence electrons. The van der Waals surface area contributed by atoms with Crippen LogP contribution in [0.4, 0.5) is 5.69 Å². The number of anilines is 1. The summed E-state index contributed by atoms with van der Waals surface area (Å²) in [5.74, 6) is 0.119. The minimum atomic E-state index is 0.0511. The number of carbonyl (C=O) groups excluding carboxylic acids is 1. The fraction of sp³-hybridized carbons (Fsp3) is 0.333. The zero-order chi connectivity index (χ0) is 21.1. The number of hydrogen-bond donors (Lipinski definition) is 1. The number of aryl methyl sites for hydroxylation is 2. The van der Waals surface area contributed by atoms with Gasteiger partial charge in [-0.2, -0.15) is 5.10 Å². The molecule has 0 radical (unpaired) electrons. The minimum absolute atomic E-state index is 0.0511. The lowest BCUT2D eigenvalue weighted by molar-refractivity contribution is -0.132. The van der Waals surface area contributed by atoms with Crippen LogP contribution in [0.5, 0.6) is 0 Å². The van der Waals surface area contributed by atoms with Gasteiger partial charge >= 0.3 is 0 Å². The van der Waals surface area contributed by atoms with Crippen LogP contribution in [0.3, 0.4) is 0 Å². The maximum atomic E-state index is 12.7. The van der Waals surface area contributed by atoms with E-state index >= 15 is 0 Å². The third kappa shape index (κ3) is 4.24. The molecule has 0 aliphatic carbocycles. The molecule has 0 unspecified atom stereocenters. The second-order valence-electron chi connectivity index (χ2n) is 7.82. The Kier molecular flexibility index (Phi) is 5.86. The molecule has 2 heterocycles. The highest BCUT2D eigenvalue weighted by Gasteiger charge is 2.23. The zero-order valence-electron chi connectivity index (χ0n) is 17.6. The van der Waals surface area contributed by atoms with Gasteiger partial charge in [-0.25, -0.2) is 0 Å². The van der Waals surface area contributed by atoms with Crippen molar-refractivity contribution in [3.05, 3.63) is 71.5 Å². The normalized spacial score (nSPS) is 14.2. The molecule has 6 nitrogen and oxygen atoms in total. The lowest BCUT2D eigenvalue weighted by Gasteiger charge is -2.37. The highest BCUT2D eigenvalue weighted by atomic mass is 16.3. The van der Waals surface area contributed by atoms with Gasteiger partial charge < -0.3 is 14.9 Å². The molecule has 1 N–H and O–H groups in total. The van der Waals surface area contributed by atoms with E-state index in [4.69, 9.17) is 0 Å². The van der Waals surface area contributed by atoms with Crippen LogP contribution in [0.1, 0.15) is 17.0 Å². The maximum Gasteiger partial charge on any atom is 0.244 e. The summed E-state index contributed by atoms with van der Waals surface area (Å²) in [6.07, 6.45) is 0. The van der Waals surface area contributed by atoms with Crippen LogP contribution in [-0.2, 0) is 17.9 Å². The van der Waals surface area contributed by atoms with Crippen LogP contribution in [-0.4, -0.2) is 51.9 Å². The van der Waals surface area contributed by atoms with Gasteiger partial charge in [0.15, 0.2) is 0 Å². The van der Waals surface area contributed by atoms with E-state index in [0.717, 1.165) is 35.6 Å². The summed E-state index contributed by atoms with van der Waals surface area (Å²) < 4.78 is 1.79. The zero-order valence-corrected chi connectivity index (χ0v) is 17.6. The van der Waals surface area contributed by atoms with Gasteiger partial charge in [0.1, 0.15) is 6.54 Å². The minimum Gasteiger partial charge on any atom is -0.392 e. The smallest absolute Gasteiger partial charge is 0.244 e. The van der Waals surface area contributed by atoms with E-state index in [9.17, 15) is 9.90 Å². The molecule has 6 heteroatoms. The Morgan fingerprint density at radius 2 is 1.70 bits per heavy atom. The van der Waals surface area contributed by atoms with E-state index in [-0.39, 0.29) is 12.5 Å². The highest BCUT2D eigenvalue weighted by Crippen LogP contribution is 2.31. The molecule has 0 spiro atoms. The van der Waals surface area contributed by atoms with Gasteiger partial charge in [0.25, 0.3) is 0 Å². The number of amides is 1. The number of piperazine rings is 1. The second-order valence-corrected chi connectivity index (χ2v) is 7.82. The van der Waals surface area contributed by atoms with Crippen LogP contribution >= 0.6 is 0 Å². The molecule has 3 aromatic rings. The van der Waals surface area contributed by atoms with Crippen LogP contribution in [0.25, 0.3) is 11.1 Å². The fourth-order valence-electron chi connectivity index (χ4n) is 4.04. The first-order chi connectivity index (χ1) is 14.5. The van der Waals surface area contributed by atoms with Crippen LogP contribution in [0.15, 0.2) is 54.6 Å². The van der Waals surface area contributed by atoms with Gasteiger partial charge in [0, 0.05) is 43.1 Å². The predicted octanol–water partition coefficient (Wildman–Crippen LogP) is 3.01. The molecule has 1 aromatic heterocycles. The molecule has 30 heavy (non-hydrogen) atoms. The van der Waals surface area contributed by atoms with Crippen molar-refractivity contribution < 1.29 is 9.90 Å². The molecule has 0 saturated carbocycles. The van der Waals surface area contributed by atoms with E-state index in [1.807, 2.05) is 43.0 Å². The molecule has 1 amide bonds. The summed E-state index contributed by atoms with van der Waals surface area (Å²) in [7, 11) is 0. The Hall–Kier alpha value is -3.12. The summed E-state index contributed by atoms with van der Waals surface area (Å²) >= 11 is 0. The van der Waals surface area contributed by atoms with Gasteiger partial charge in [-0.15, -0.1) is 0 Å². The molecule has 0 atom stereocenters. The average molecular weight is 405 g/mol. The van der Waals surface area contributed by atoms with Crippen LogP contribution in [0, 0.1) is 13.8 Å². The first-order valence-corrected chi connectivity index (χ1v) is 10.4. The summed E-state index contributed by atoms with van der Waals surface area (Å²) in [4.78, 5) is 17.0. The molecule has 1 aliphatic heterocycles. The van der Waals surface area contributed by atoms with E-state index in [0.29, 0.717) is 19.6 Å². The van der Waals surface area contributed by atoms with Crippen molar-refractivity contribution in [3.8, 4) is 11.1 Å². The van der Waals surface area contributed by atoms with Gasteiger partial charge in [-0.1, -0.05) is 42.5 Å². The molecule has 1 saturated heterocycles. The lowest BCUT2D eigenvalue weighted by Crippen LogP contribution is -2.49. The van der Waals surface area contributed by atoms with Crippen molar-refractivity contribution in [3.63, 3.8) is 0 Å². The number of benzene rings is 2. The van der Waals surface area contributed by atoms with Crippen molar-refractivity contribution in [2.75, 3.05) is 31.1 Å². The van der Waals surface area contributed by atoms with Crippen molar-refractivity contribution >= 4 is 11.6 Å². The van der Waals surface area contributed by atoms with Crippen molar-refractivity contribution in [2.24, 2.45) is 0 Å². The number of aromatic nitrogens is 2. The number of aliphatic hydroxyl groups excluding tert-OH is 1. The van der Waals surface area contributed by atoms with Gasteiger partial charge in [-0.3, -0.25) is 9.48 Å². The quantitative estimate of drug-likeness (QED) is 0.710. The Morgan fingerprint density at radius 1 is 1.00 bits per heavy atom. The second kappa shape index (κ2) is 8.71. The average Bonchev–Trinajstić information content (AvgIpc) is 3.10. The molecule has 0 bridgehead atoms. The van der Waals surface area contributed by atoms with E-state index < -0.39 is 0 Å². The maximum absolute atomic E-state index is 12.7. The number of para-hydroxylation sites is 1. The van der Waals surface area contributed by atoms with Gasteiger partial charge in [-0.05, 0) is 37.1 Å². The first-order valence-electron chi connectivity index (χ1n) is 10.4. The number of hydrogen-bond acceptors (Lipinski definition) is 4. The number of carbonyl (C=O) groups is 1. The standard InChI is InChI=1S/C24H28N4O2/c1-18-15-19(2)28(25-18)16-24(30)27-13-11-26(12-14-27)23-6-4-3-5-22(23)21-9-7-20(17-29)8-10-21/h3-10,15,29H,11-14,16-17H2,1-2H3. The Bertz CT molecular complexity index is 1020. The Morgan fingerprint density at radius 3 is 2.33 bits per heavy atom. The SMILES string of the molecule is Cc1cc(C)n(CC(=O)N2CCN(c3ccccc3-c3ccc(CO)cc3)CC2)n1. The highest BCUT2D eigenvalue weighted by molar-refractivity contribution is 5.80. The fourth-order valence-corrected chi connectivity index (χ4v) is 4.04. The third-order valence-electron chi connectivity index (χ3n) is 5.71. The molecular weight excluding hydrogens is 376 g/mol. The lowest BCUT2D eigenvalue weighted by atomic mass is 10.0. The van der Waals surface area contributed by atoms with Crippen molar-refractivity contribution in [1.29, 1.82) is 0 Å². The van der Waals surface area contributed by atoms with Gasteiger partial charge in [0.05, 0.1) is 12.3 Å². The molecule has 4 rings (SSSR count). The van der Waals surface area contributed by atoms with Gasteiger partial charge in [0.2, 0.25) is 5.91 Å².